The number of sulfonamides is 2. The highest BCUT2D eigenvalue weighted by atomic mass is 35.5. The van der Waals surface area contributed by atoms with Crippen molar-refractivity contribution in [3.05, 3.63) is 130 Å². The normalized spacial score (nSPS) is 23.3. The van der Waals surface area contributed by atoms with Crippen LogP contribution in [0.4, 0.5) is 0 Å². The molecule has 2 aliphatic rings. The molecule has 2 aliphatic heterocycles. The van der Waals surface area contributed by atoms with Crippen molar-refractivity contribution in [2.75, 3.05) is 6.54 Å². The number of halogens is 1. The Morgan fingerprint density at radius 2 is 1.18 bits per heavy atom. The monoisotopic (exact) mass is 648 g/mol. The maximum absolute atomic E-state index is 14.5. The number of carbonyl (C=O) groups is 1. The van der Waals surface area contributed by atoms with E-state index in [1.807, 2.05) is 68.4 Å². The predicted molar refractivity (Wildman–Crippen MR) is 170 cm³/mol. The molecule has 0 spiro atoms. The van der Waals surface area contributed by atoms with Gasteiger partial charge >= 0.3 is 0 Å². The number of rotatable bonds is 6. The largest absolute Gasteiger partial charge is 0.299 e. The third-order valence-electron chi connectivity index (χ3n) is 8.76. The van der Waals surface area contributed by atoms with Crippen LogP contribution in [0.5, 0.6) is 0 Å². The summed E-state index contributed by atoms with van der Waals surface area (Å²) in [6.07, 6.45) is 0.0566. The minimum atomic E-state index is -4.09. The summed E-state index contributed by atoms with van der Waals surface area (Å²) in [5.74, 6) is -1.00. The summed E-state index contributed by atoms with van der Waals surface area (Å²) in [5.41, 5.74) is 3.39. The van der Waals surface area contributed by atoms with Crippen LogP contribution in [0.2, 0.25) is 5.02 Å². The second-order valence-electron chi connectivity index (χ2n) is 11.6. The van der Waals surface area contributed by atoms with Crippen LogP contribution in [0, 0.1) is 19.8 Å². The molecule has 44 heavy (non-hydrogen) atoms. The number of Topliss-reactive ketones (excluding diaryl/α,β-unsaturated/α-hetero) is 1. The lowest BCUT2D eigenvalue weighted by Gasteiger charge is -2.51. The highest BCUT2D eigenvalue weighted by Crippen LogP contribution is 2.48. The Morgan fingerprint density at radius 1 is 0.659 bits per heavy atom. The van der Waals surface area contributed by atoms with Gasteiger partial charge in [0.15, 0.2) is 0 Å². The first-order chi connectivity index (χ1) is 21.0. The fourth-order valence-corrected chi connectivity index (χ4v) is 10.1. The molecule has 0 aliphatic carbocycles. The molecule has 10 heteroatoms. The maximum Gasteiger partial charge on any atom is 0.243 e. The molecule has 7 nitrogen and oxygen atoms in total. The van der Waals surface area contributed by atoms with Crippen LogP contribution < -0.4 is 0 Å². The van der Waals surface area contributed by atoms with E-state index in [-0.39, 0.29) is 35.0 Å². The molecule has 0 radical (unpaired) electrons. The minimum Gasteiger partial charge on any atom is -0.299 e. The summed E-state index contributed by atoms with van der Waals surface area (Å²) in [7, 11) is -8.17. The molecule has 228 valence electrons. The van der Waals surface area contributed by atoms with Crippen molar-refractivity contribution in [2.45, 2.75) is 54.6 Å². The molecule has 4 atom stereocenters. The molecule has 0 bridgehead atoms. The van der Waals surface area contributed by atoms with Gasteiger partial charge in [-0.15, -0.1) is 0 Å². The molecule has 4 aromatic rings. The van der Waals surface area contributed by atoms with Crippen LogP contribution in [-0.2, 0) is 24.8 Å². The second kappa shape index (κ2) is 11.9. The maximum atomic E-state index is 14.5. The van der Waals surface area contributed by atoms with Crippen LogP contribution in [0.25, 0.3) is 0 Å². The lowest BCUT2D eigenvalue weighted by molar-refractivity contribution is -0.132. The summed E-state index contributed by atoms with van der Waals surface area (Å²) >= 11 is 6.06. The first-order valence-corrected chi connectivity index (χ1v) is 17.7. The van der Waals surface area contributed by atoms with Crippen molar-refractivity contribution >= 4 is 37.4 Å². The number of piperidine rings is 2. The van der Waals surface area contributed by atoms with Crippen LogP contribution in [0.15, 0.2) is 113 Å². The zero-order valence-electron chi connectivity index (χ0n) is 24.4. The van der Waals surface area contributed by atoms with E-state index in [0.29, 0.717) is 5.02 Å². The lowest BCUT2D eigenvalue weighted by Crippen LogP contribution is -2.60. The molecule has 2 fully saturated rings. The Kier molecular flexibility index (Phi) is 8.28. The third-order valence-corrected chi connectivity index (χ3v) is 12.8. The Bertz CT molecular complexity index is 1880. The highest BCUT2D eigenvalue weighted by Gasteiger charge is 2.54. The highest BCUT2D eigenvalue weighted by molar-refractivity contribution is 7.89. The van der Waals surface area contributed by atoms with Gasteiger partial charge in [-0.3, -0.25) is 4.79 Å². The number of benzene rings is 4. The van der Waals surface area contributed by atoms with Crippen molar-refractivity contribution in [2.24, 2.45) is 5.92 Å². The average Bonchev–Trinajstić information content (AvgIpc) is 3.01. The molecule has 0 unspecified atom stereocenters. The van der Waals surface area contributed by atoms with E-state index in [1.54, 1.807) is 24.3 Å². The molecule has 2 saturated heterocycles. The lowest BCUT2D eigenvalue weighted by atomic mass is 9.77. The summed E-state index contributed by atoms with van der Waals surface area (Å²) in [6.45, 7) is 3.69. The number of carbonyl (C=O) groups excluding carboxylic acids is 1. The smallest absolute Gasteiger partial charge is 0.243 e. The minimum absolute atomic E-state index is 0.0553. The van der Waals surface area contributed by atoms with Crippen LogP contribution in [0.3, 0.4) is 0 Å². The zero-order chi connectivity index (χ0) is 31.2. The van der Waals surface area contributed by atoms with Crippen molar-refractivity contribution < 1.29 is 21.6 Å². The first kappa shape index (κ1) is 30.7. The SMILES string of the molecule is Cc1ccc([C@@H]2C[C@H]3[C@@H](CN2S(=O)(=O)c2ccc(Cl)cc2)C(=O)C[C@@H](c2ccccc2)N3S(=O)(=O)c2ccc(C)cc2)cc1. The van der Waals surface area contributed by atoms with Gasteiger partial charge < -0.3 is 0 Å². The number of fused-ring (bicyclic) bond motifs is 1. The number of ketones is 1. The molecule has 6 rings (SSSR count). The predicted octanol–water partition coefficient (Wildman–Crippen LogP) is 6.48. The van der Waals surface area contributed by atoms with E-state index >= 15 is 0 Å². The van der Waals surface area contributed by atoms with Gasteiger partial charge in [0.1, 0.15) is 5.78 Å². The fourth-order valence-electron chi connectivity index (χ4n) is 6.43. The standard InChI is InChI=1S/C34H33ClN2O5S2/c1-23-8-12-26(13-9-23)31-20-33-30(22-36(31)43(39,40)28-18-14-27(35)15-19-28)34(38)21-32(25-6-4-3-5-7-25)37(33)44(41,42)29-16-10-24(2)11-17-29/h3-19,30-33H,20-22H2,1-2H3/t30-,31+,32+,33+/m1/s1. The van der Waals surface area contributed by atoms with Gasteiger partial charge in [-0.05, 0) is 67.8 Å². The Labute approximate surface area is 264 Å². The summed E-state index contributed by atoms with van der Waals surface area (Å²) in [6, 6.07) is 27.2. The first-order valence-electron chi connectivity index (χ1n) is 14.5. The van der Waals surface area contributed by atoms with Crippen LogP contribution in [-0.4, -0.2) is 43.8 Å². The number of hydrogen-bond acceptors (Lipinski definition) is 5. The molecule has 2 heterocycles. The van der Waals surface area contributed by atoms with Gasteiger partial charge in [-0.1, -0.05) is 89.5 Å². The molecular weight excluding hydrogens is 616 g/mol. The summed E-state index contributed by atoms with van der Waals surface area (Å²) in [4.78, 5) is 14.1. The van der Waals surface area contributed by atoms with E-state index in [0.717, 1.165) is 22.3 Å². The molecule has 0 amide bonds. The Morgan fingerprint density at radius 3 is 1.80 bits per heavy atom. The van der Waals surface area contributed by atoms with Gasteiger partial charge in [-0.2, -0.15) is 8.61 Å². The number of nitrogens with zero attached hydrogens (tertiary/aromatic N) is 2. The molecule has 0 saturated carbocycles. The van der Waals surface area contributed by atoms with Crippen LogP contribution >= 0.6 is 11.6 Å². The molecular formula is C34H33ClN2O5S2. The summed E-state index contributed by atoms with van der Waals surface area (Å²) < 4.78 is 60.3. The summed E-state index contributed by atoms with van der Waals surface area (Å²) in [5, 5.41) is 0.407. The van der Waals surface area contributed by atoms with Crippen molar-refractivity contribution in [1.82, 2.24) is 8.61 Å². The van der Waals surface area contributed by atoms with E-state index in [9.17, 15) is 21.6 Å². The Balaban J connectivity index is 1.50. The van der Waals surface area contributed by atoms with Gasteiger partial charge in [-0.25, -0.2) is 16.8 Å². The van der Waals surface area contributed by atoms with E-state index in [4.69, 9.17) is 11.6 Å². The molecule has 0 aromatic heterocycles. The van der Waals surface area contributed by atoms with E-state index in [2.05, 4.69) is 0 Å². The second-order valence-corrected chi connectivity index (χ2v) is 15.8. The average molecular weight is 649 g/mol. The number of hydrogen-bond donors (Lipinski definition) is 0. The van der Waals surface area contributed by atoms with E-state index in [1.165, 1.54) is 32.9 Å². The van der Waals surface area contributed by atoms with Gasteiger partial charge in [0.25, 0.3) is 0 Å². The molecule has 0 N–H and O–H groups in total. The van der Waals surface area contributed by atoms with Crippen molar-refractivity contribution in [3.8, 4) is 0 Å². The van der Waals surface area contributed by atoms with E-state index < -0.39 is 44.1 Å². The van der Waals surface area contributed by atoms with Crippen molar-refractivity contribution in [3.63, 3.8) is 0 Å². The van der Waals surface area contributed by atoms with Gasteiger partial charge in [0, 0.05) is 29.9 Å². The topological polar surface area (TPSA) is 91.8 Å². The quantitative estimate of drug-likeness (QED) is 0.239. The van der Waals surface area contributed by atoms with Crippen molar-refractivity contribution in [1.29, 1.82) is 0 Å². The third kappa shape index (κ3) is 5.63. The molecule has 4 aromatic carbocycles. The van der Waals surface area contributed by atoms with Crippen LogP contribution in [0.1, 0.15) is 47.2 Å². The van der Waals surface area contributed by atoms with Gasteiger partial charge in [0.2, 0.25) is 20.0 Å². The number of aryl methyl sites for hydroxylation is 2. The zero-order valence-corrected chi connectivity index (χ0v) is 26.8. The Hall–Kier alpha value is -3.34. The van der Waals surface area contributed by atoms with Gasteiger partial charge in [0.05, 0.1) is 21.9 Å². The fraction of sp³-hybridized carbons (Fsp3) is 0.265.